The molecule has 5 nitrogen and oxygen atoms in total. The van der Waals surface area contributed by atoms with E-state index in [4.69, 9.17) is 4.52 Å². The van der Waals surface area contributed by atoms with Gasteiger partial charge in [-0.15, -0.1) is 11.3 Å². The van der Waals surface area contributed by atoms with E-state index in [0.29, 0.717) is 12.4 Å². The zero-order chi connectivity index (χ0) is 17.1. The molecule has 1 aromatic carbocycles. The Morgan fingerprint density at radius 1 is 1.16 bits per heavy atom. The summed E-state index contributed by atoms with van der Waals surface area (Å²) in [6, 6.07) is 13.5. The average Bonchev–Trinajstić information content (AvgIpc) is 3.35. The molecular weight excluding hydrogens is 334 g/mol. The number of Topliss-reactive ketones (excluding diaryl/α,β-unsaturated/α-hetero) is 1. The van der Waals surface area contributed by atoms with E-state index in [1.165, 1.54) is 0 Å². The van der Waals surface area contributed by atoms with Crippen LogP contribution in [0.1, 0.15) is 35.0 Å². The lowest BCUT2D eigenvalue weighted by Gasteiger charge is -2.29. The molecule has 0 spiro atoms. The number of aromatic nitrogens is 2. The first-order valence-corrected chi connectivity index (χ1v) is 9.35. The summed E-state index contributed by atoms with van der Waals surface area (Å²) in [5.74, 6) is 1.85. The monoisotopic (exact) mass is 353 g/mol. The summed E-state index contributed by atoms with van der Waals surface area (Å²) in [6.45, 7) is 2.22. The molecule has 4 rings (SSSR count). The molecule has 3 heterocycles. The minimum Gasteiger partial charge on any atom is -0.339 e. The van der Waals surface area contributed by atoms with Crippen molar-refractivity contribution in [1.82, 2.24) is 15.0 Å². The van der Waals surface area contributed by atoms with E-state index in [-0.39, 0.29) is 11.7 Å². The maximum atomic E-state index is 12.3. The molecule has 0 amide bonds. The molecule has 1 aliphatic rings. The number of thiophene rings is 1. The van der Waals surface area contributed by atoms with Gasteiger partial charge >= 0.3 is 0 Å². The molecule has 0 N–H and O–H groups in total. The number of likely N-dealkylation sites (tertiary alicyclic amines) is 1. The van der Waals surface area contributed by atoms with Crippen LogP contribution >= 0.6 is 11.3 Å². The fraction of sp³-hybridized carbons (Fsp3) is 0.316. The van der Waals surface area contributed by atoms with Gasteiger partial charge < -0.3 is 4.52 Å². The summed E-state index contributed by atoms with van der Waals surface area (Å²) in [4.78, 5) is 20.1. The van der Waals surface area contributed by atoms with E-state index in [0.717, 1.165) is 42.3 Å². The Morgan fingerprint density at radius 2 is 1.96 bits per heavy atom. The highest BCUT2D eigenvalue weighted by Gasteiger charge is 2.26. The smallest absolute Gasteiger partial charge is 0.230 e. The minimum absolute atomic E-state index is 0.178. The Hall–Kier alpha value is -2.31. The fourth-order valence-corrected chi connectivity index (χ4v) is 3.81. The molecule has 3 aromatic rings. The molecule has 0 aliphatic carbocycles. The van der Waals surface area contributed by atoms with E-state index in [1.807, 2.05) is 47.8 Å². The van der Waals surface area contributed by atoms with Gasteiger partial charge in [-0.2, -0.15) is 4.98 Å². The third kappa shape index (κ3) is 3.70. The van der Waals surface area contributed by atoms with Crippen LogP contribution in [0.3, 0.4) is 0 Å². The molecular formula is C19H19N3O2S. The van der Waals surface area contributed by atoms with Gasteiger partial charge in [0.15, 0.2) is 5.78 Å². The summed E-state index contributed by atoms with van der Waals surface area (Å²) in [7, 11) is 0. The molecule has 1 aliphatic heterocycles. The lowest BCUT2D eigenvalue weighted by atomic mass is 9.96. The van der Waals surface area contributed by atoms with E-state index < -0.39 is 0 Å². The van der Waals surface area contributed by atoms with Crippen LogP contribution in [0.5, 0.6) is 0 Å². The minimum atomic E-state index is 0.178. The zero-order valence-corrected chi connectivity index (χ0v) is 14.6. The van der Waals surface area contributed by atoms with Crippen molar-refractivity contribution in [2.75, 3.05) is 19.6 Å². The van der Waals surface area contributed by atoms with Gasteiger partial charge in [0.05, 0.1) is 11.4 Å². The Bertz CT molecular complexity index is 821. The van der Waals surface area contributed by atoms with Crippen LogP contribution in [0.2, 0.25) is 0 Å². The van der Waals surface area contributed by atoms with Crippen molar-refractivity contribution in [2.24, 2.45) is 0 Å². The van der Waals surface area contributed by atoms with Crippen molar-refractivity contribution in [3.63, 3.8) is 0 Å². The molecule has 0 radical (unpaired) electrons. The summed E-state index contributed by atoms with van der Waals surface area (Å²) in [6.07, 6.45) is 1.88. The molecule has 0 bridgehead atoms. The summed E-state index contributed by atoms with van der Waals surface area (Å²) >= 11 is 1.61. The van der Waals surface area contributed by atoms with Crippen molar-refractivity contribution in [1.29, 1.82) is 0 Å². The van der Waals surface area contributed by atoms with Gasteiger partial charge in [-0.25, -0.2) is 0 Å². The molecule has 0 unspecified atom stereocenters. The van der Waals surface area contributed by atoms with E-state index in [9.17, 15) is 4.79 Å². The molecule has 25 heavy (non-hydrogen) atoms. The normalized spacial score (nSPS) is 16.2. The second-order valence-corrected chi connectivity index (χ2v) is 7.22. The van der Waals surface area contributed by atoms with Crippen molar-refractivity contribution in [3.8, 4) is 10.7 Å². The third-order valence-electron chi connectivity index (χ3n) is 4.58. The predicted molar refractivity (Wildman–Crippen MR) is 96.8 cm³/mol. The molecule has 2 aromatic heterocycles. The van der Waals surface area contributed by atoms with Gasteiger partial charge in [-0.05, 0) is 37.4 Å². The van der Waals surface area contributed by atoms with Crippen LogP contribution in [0.4, 0.5) is 0 Å². The number of ketones is 1. The number of rotatable bonds is 5. The standard InChI is InChI=1S/C19H19N3O2S/c23-16(14-5-2-1-3-6-14)13-22-10-8-15(9-11-22)19-20-18(21-24-19)17-7-4-12-25-17/h1-7,12,15H,8-11,13H2. The number of hydrogen-bond donors (Lipinski definition) is 0. The summed E-state index contributed by atoms with van der Waals surface area (Å²) in [5, 5.41) is 6.11. The molecule has 0 saturated carbocycles. The number of carbonyl (C=O) groups is 1. The van der Waals surface area contributed by atoms with E-state index >= 15 is 0 Å². The van der Waals surface area contributed by atoms with Crippen molar-refractivity contribution in [3.05, 3.63) is 59.3 Å². The number of benzene rings is 1. The fourth-order valence-electron chi connectivity index (χ4n) is 3.16. The first-order valence-electron chi connectivity index (χ1n) is 8.47. The van der Waals surface area contributed by atoms with Crippen molar-refractivity contribution < 1.29 is 9.32 Å². The van der Waals surface area contributed by atoms with Crippen LogP contribution in [0.25, 0.3) is 10.7 Å². The highest BCUT2D eigenvalue weighted by Crippen LogP contribution is 2.29. The van der Waals surface area contributed by atoms with Crippen LogP contribution in [0, 0.1) is 0 Å². The second kappa shape index (κ2) is 7.29. The van der Waals surface area contributed by atoms with Gasteiger partial charge in [0.1, 0.15) is 0 Å². The Morgan fingerprint density at radius 3 is 2.68 bits per heavy atom. The zero-order valence-electron chi connectivity index (χ0n) is 13.8. The number of piperidine rings is 1. The molecule has 128 valence electrons. The number of carbonyl (C=O) groups excluding carboxylic acids is 1. The van der Waals surface area contributed by atoms with Gasteiger partial charge in [-0.3, -0.25) is 9.69 Å². The summed E-state index contributed by atoms with van der Waals surface area (Å²) < 4.78 is 5.47. The van der Waals surface area contributed by atoms with E-state index in [1.54, 1.807) is 11.3 Å². The lowest BCUT2D eigenvalue weighted by Crippen LogP contribution is -2.36. The van der Waals surface area contributed by atoms with Gasteiger partial charge in [-0.1, -0.05) is 41.6 Å². The number of hydrogen-bond acceptors (Lipinski definition) is 6. The maximum Gasteiger partial charge on any atom is 0.230 e. The highest BCUT2D eigenvalue weighted by molar-refractivity contribution is 7.13. The average molecular weight is 353 g/mol. The Labute approximate surface area is 150 Å². The topological polar surface area (TPSA) is 59.2 Å². The predicted octanol–water partition coefficient (Wildman–Crippen LogP) is 3.86. The van der Waals surface area contributed by atoms with Gasteiger partial charge in [0.2, 0.25) is 11.7 Å². The quantitative estimate of drug-likeness (QED) is 0.652. The molecule has 6 heteroatoms. The largest absolute Gasteiger partial charge is 0.339 e. The van der Waals surface area contributed by atoms with Crippen LogP contribution in [0.15, 0.2) is 52.4 Å². The van der Waals surface area contributed by atoms with Crippen LogP contribution in [-0.2, 0) is 0 Å². The van der Waals surface area contributed by atoms with Gasteiger partial charge in [0.25, 0.3) is 0 Å². The van der Waals surface area contributed by atoms with Crippen molar-refractivity contribution >= 4 is 17.1 Å². The van der Waals surface area contributed by atoms with Crippen LogP contribution < -0.4 is 0 Å². The highest BCUT2D eigenvalue weighted by atomic mass is 32.1. The first-order chi connectivity index (χ1) is 12.3. The third-order valence-corrected chi connectivity index (χ3v) is 5.45. The second-order valence-electron chi connectivity index (χ2n) is 6.27. The molecule has 1 fully saturated rings. The maximum absolute atomic E-state index is 12.3. The molecule has 0 atom stereocenters. The Kier molecular flexibility index (Phi) is 4.72. The van der Waals surface area contributed by atoms with Crippen molar-refractivity contribution in [2.45, 2.75) is 18.8 Å². The van der Waals surface area contributed by atoms with Gasteiger partial charge in [0, 0.05) is 11.5 Å². The summed E-state index contributed by atoms with van der Waals surface area (Å²) in [5.41, 5.74) is 0.780. The van der Waals surface area contributed by atoms with E-state index in [2.05, 4.69) is 15.0 Å². The van der Waals surface area contributed by atoms with Crippen LogP contribution in [-0.4, -0.2) is 40.5 Å². The number of nitrogens with zero attached hydrogens (tertiary/aromatic N) is 3. The Balaban J connectivity index is 1.33. The first kappa shape index (κ1) is 16.2. The lowest BCUT2D eigenvalue weighted by molar-refractivity contribution is 0.0904. The molecule has 1 saturated heterocycles. The SMILES string of the molecule is O=C(CN1CCC(c2nc(-c3cccs3)no2)CC1)c1ccccc1.